The third-order valence-electron chi connectivity index (χ3n) is 2.48. The molecular formula is C9H10Br2O3. The van der Waals surface area contributed by atoms with Crippen LogP contribution in [0.15, 0.2) is 10.6 Å². The number of carbonyl (C=O) groups excluding carboxylic acids is 1. The molecule has 0 N–H and O–H groups in total. The lowest BCUT2D eigenvalue weighted by Crippen LogP contribution is -2.56. The third kappa shape index (κ3) is 1.46. The third-order valence-corrected chi connectivity index (χ3v) is 4.29. The number of rotatable bonds is 2. The average Bonchev–Trinajstić information content (AvgIpc) is 2.11. The minimum atomic E-state index is -0.795. The highest BCUT2D eigenvalue weighted by molar-refractivity contribution is 9.12. The van der Waals surface area contributed by atoms with Crippen molar-refractivity contribution in [3.05, 3.63) is 10.6 Å². The number of hydrogen-bond acceptors (Lipinski definition) is 3. The summed E-state index contributed by atoms with van der Waals surface area (Å²) in [4.78, 5) is 11.6. The van der Waals surface area contributed by atoms with Gasteiger partial charge < -0.3 is 9.47 Å². The molecule has 14 heavy (non-hydrogen) atoms. The average molecular weight is 326 g/mol. The molecule has 2 heterocycles. The zero-order valence-electron chi connectivity index (χ0n) is 7.63. The van der Waals surface area contributed by atoms with Gasteiger partial charge in [-0.05, 0) is 13.0 Å². The Morgan fingerprint density at radius 1 is 1.79 bits per heavy atom. The second-order valence-electron chi connectivity index (χ2n) is 3.37. The predicted octanol–water partition coefficient (Wildman–Crippen LogP) is 2.13. The van der Waals surface area contributed by atoms with Crippen LogP contribution in [0.3, 0.4) is 0 Å². The van der Waals surface area contributed by atoms with E-state index in [1.54, 1.807) is 0 Å². The van der Waals surface area contributed by atoms with Gasteiger partial charge in [-0.15, -0.1) is 0 Å². The summed E-state index contributed by atoms with van der Waals surface area (Å²) in [7, 11) is 0. The molecule has 78 valence electrons. The molecule has 3 atom stereocenters. The van der Waals surface area contributed by atoms with Crippen LogP contribution in [0.1, 0.15) is 13.3 Å². The summed E-state index contributed by atoms with van der Waals surface area (Å²) in [5.74, 6) is -0.254. The van der Waals surface area contributed by atoms with Crippen LogP contribution in [0, 0.1) is 0 Å². The van der Waals surface area contributed by atoms with Crippen LogP contribution >= 0.6 is 31.9 Å². The van der Waals surface area contributed by atoms with E-state index in [0.717, 1.165) is 4.48 Å². The van der Waals surface area contributed by atoms with E-state index in [1.165, 1.54) is 0 Å². The fourth-order valence-electron chi connectivity index (χ4n) is 1.77. The number of esters is 1. The fraction of sp³-hybridized carbons (Fsp3) is 0.667. The van der Waals surface area contributed by atoms with Crippen LogP contribution in [-0.2, 0) is 14.3 Å². The molecule has 0 aromatic heterocycles. The molecule has 0 aromatic rings. The lowest BCUT2D eigenvalue weighted by Gasteiger charge is -2.43. The van der Waals surface area contributed by atoms with E-state index in [9.17, 15) is 4.79 Å². The Kier molecular flexibility index (Phi) is 2.74. The van der Waals surface area contributed by atoms with Crippen molar-refractivity contribution in [1.29, 1.82) is 0 Å². The number of alkyl halides is 1. The first kappa shape index (κ1) is 10.6. The Morgan fingerprint density at radius 3 is 3.14 bits per heavy atom. The van der Waals surface area contributed by atoms with Gasteiger partial charge in [-0.1, -0.05) is 31.9 Å². The van der Waals surface area contributed by atoms with Gasteiger partial charge in [0.2, 0.25) is 0 Å². The summed E-state index contributed by atoms with van der Waals surface area (Å²) < 4.78 is 10.8. The van der Waals surface area contributed by atoms with E-state index >= 15 is 0 Å². The zero-order valence-corrected chi connectivity index (χ0v) is 10.8. The van der Waals surface area contributed by atoms with Crippen molar-refractivity contribution in [2.24, 2.45) is 0 Å². The quantitative estimate of drug-likeness (QED) is 0.576. The van der Waals surface area contributed by atoms with E-state index < -0.39 is 4.32 Å². The summed E-state index contributed by atoms with van der Waals surface area (Å²) in [6, 6.07) is 0. The van der Waals surface area contributed by atoms with Gasteiger partial charge in [0.1, 0.15) is 6.10 Å². The Labute approximate surface area is 99.1 Å². The smallest absolute Gasteiger partial charge is 0.330 e. The van der Waals surface area contributed by atoms with Gasteiger partial charge in [0.15, 0.2) is 4.32 Å². The number of carbonyl (C=O) groups is 1. The molecule has 0 radical (unpaired) electrons. The molecule has 3 rings (SSSR count). The van der Waals surface area contributed by atoms with Crippen molar-refractivity contribution in [2.75, 3.05) is 6.61 Å². The molecule has 3 nitrogen and oxygen atoms in total. The van der Waals surface area contributed by atoms with E-state index in [0.29, 0.717) is 13.0 Å². The first-order valence-electron chi connectivity index (χ1n) is 4.47. The number of hydrogen-bond donors (Lipinski definition) is 0. The molecule has 1 fully saturated rings. The highest BCUT2D eigenvalue weighted by Gasteiger charge is 2.54. The van der Waals surface area contributed by atoms with Crippen molar-refractivity contribution in [3.63, 3.8) is 0 Å². The van der Waals surface area contributed by atoms with Crippen LogP contribution in [0.2, 0.25) is 0 Å². The minimum Gasteiger partial charge on any atom is -0.455 e. The standard InChI is InChI=1S/C9H10Br2O3/c1-2-13-7-3-6-5(10)4-9(7,11)8(12)14-6/h4,6-7H,2-3H2,1H3/t6-,7+,9+/m0/s1. The lowest BCUT2D eigenvalue weighted by atomic mass is 9.87. The van der Waals surface area contributed by atoms with Gasteiger partial charge in [-0.3, -0.25) is 4.79 Å². The molecule has 0 unspecified atom stereocenters. The monoisotopic (exact) mass is 324 g/mol. The summed E-state index contributed by atoms with van der Waals surface area (Å²) >= 11 is 6.78. The van der Waals surface area contributed by atoms with Crippen molar-refractivity contribution in [2.45, 2.75) is 29.9 Å². The maximum atomic E-state index is 11.6. The summed E-state index contributed by atoms with van der Waals surface area (Å²) in [5.41, 5.74) is 0. The van der Waals surface area contributed by atoms with Crippen LogP contribution < -0.4 is 0 Å². The summed E-state index contributed by atoms with van der Waals surface area (Å²) in [6.45, 7) is 2.52. The maximum absolute atomic E-state index is 11.6. The molecule has 2 bridgehead atoms. The second kappa shape index (κ2) is 3.61. The maximum Gasteiger partial charge on any atom is 0.330 e. The van der Waals surface area contributed by atoms with E-state index in [1.807, 2.05) is 13.0 Å². The molecule has 1 saturated heterocycles. The lowest BCUT2D eigenvalue weighted by molar-refractivity contribution is -0.164. The fourth-order valence-corrected chi connectivity index (χ4v) is 3.38. The van der Waals surface area contributed by atoms with Gasteiger partial charge in [0, 0.05) is 17.5 Å². The Morgan fingerprint density at radius 2 is 2.50 bits per heavy atom. The van der Waals surface area contributed by atoms with Crippen molar-refractivity contribution < 1.29 is 14.3 Å². The Hall–Kier alpha value is 0.130. The van der Waals surface area contributed by atoms with E-state index in [-0.39, 0.29) is 18.2 Å². The summed E-state index contributed by atoms with van der Waals surface area (Å²) in [5, 5.41) is 0. The van der Waals surface area contributed by atoms with E-state index in [2.05, 4.69) is 31.9 Å². The van der Waals surface area contributed by atoms with E-state index in [4.69, 9.17) is 9.47 Å². The normalized spacial score (nSPS) is 40.8. The number of fused-ring (bicyclic) bond motifs is 2. The van der Waals surface area contributed by atoms with Gasteiger partial charge in [-0.2, -0.15) is 0 Å². The minimum absolute atomic E-state index is 0.125. The molecule has 2 aliphatic heterocycles. The molecule has 0 aromatic carbocycles. The molecule has 3 aliphatic rings. The Bertz CT molecular complexity index is 302. The van der Waals surface area contributed by atoms with Gasteiger partial charge in [-0.25, -0.2) is 0 Å². The van der Waals surface area contributed by atoms with Gasteiger partial charge in [0.25, 0.3) is 0 Å². The molecule has 0 spiro atoms. The molecule has 1 aliphatic carbocycles. The van der Waals surface area contributed by atoms with Crippen LogP contribution in [0.5, 0.6) is 0 Å². The Balaban J connectivity index is 2.32. The van der Waals surface area contributed by atoms with Crippen molar-refractivity contribution >= 4 is 37.8 Å². The van der Waals surface area contributed by atoms with Crippen LogP contribution in [-0.4, -0.2) is 29.1 Å². The molecule has 0 amide bonds. The van der Waals surface area contributed by atoms with Crippen molar-refractivity contribution in [3.8, 4) is 0 Å². The largest absolute Gasteiger partial charge is 0.455 e. The first-order valence-corrected chi connectivity index (χ1v) is 6.06. The van der Waals surface area contributed by atoms with Crippen molar-refractivity contribution in [1.82, 2.24) is 0 Å². The van der Waals surface area contributed by atoms with Gasteiger partial charge >= 0.3 is 5.97 Å². The van der Waals surface area contributed by atoms with Crippen LogP contribution in [0.4, 0.5) is 0 Å². The number of halogens is 2. The number of ether oxygens (including phenoxy) is 2. The zero-order chi connectivity index (χ0) is 10.3. The first-order chi connectivity index (χ1) is 6.58. The highest BCUT2D eigenvalue weighted by Crippen LogP contribution is 2.45. The van der Waals surface area contributed by atoms with Crippen LogP contribution in [0.25, 0.3) is 0 Å². The SMILES string of the molecule is CCO[C@@H]1C[C@@H]2OC(=O)[C@@]1(Br)C=C2Br. The highest BCUT2D eigenvalue weighted by atomic mass is 79.9. The molecule has 0 saturated carbocycles. The second-order valence-corrected chi connectivity index (χ2v) is 5.60. The summed E-state index contributed by atoms with van der Waals surface area (Å²) in [6.07, 6.45) is 2.26. The topological polar surface area (TPSA) is 35.5 Å². The predicted molar refractivity (Wildman–Crippen MR) is 58.6 cm³/mol. The molecule has 5 heteroatoms. The van der Waals surface area contributed by atoms with Gasteiger partial charge in [0.05, 0.1) is 6.10 Å². The molecular weight excluding hydrogens is 316 g/mol.